The molecule has 0 aliphatic carbocycles. The van der Waals surface area contributed by atoms with Crippen molar-refractivity contribution in [3.63, 3.8) is 0 Å². The van der Waals surface area contributed by atoms with E-state index >= 15 is 0 Å². The van der Waals surface area contributed by atoms with Gasteiger partial charge in [-0.15, -0.1) is 6.42 Å². The SMILES string of the molecule is C#C/C=C\C[C@@H]1O[C@@H](CC)[C@H](O)C/C=C\C[C@H]1O[Si](C)(C)C(C)(C)C. The van der Waals surface area contributed by atoms with Crippen LogP contribution < -0.4 is 0 Å². The van der Waals surface area contributed by atoms with Crippen LogP contribution in [0.4, 0.5) is 0 Å². The first kappa shape index (κ1) is 22.2. The minimum atomic E-state index is -1.93. The lowest BCUT2D eigenvalue weighted by Crippen LogP contribution is -2.48. The van der Waals surface area contributed by atoms with Crippen molar-refractivity contribution < 1.29 is 14.3 Å². The van der Waals surface area contributed by atoms with Gasteiger partial charge in [0.1, 0.15) is 0 Å². The van der Waals surface area contributed by atoms with Crippen molar-refractivity contribution in [3.8, 4) is 12.3 Å². The van der Waals surface area contributed by atoms with Gasteiger partial charge in [0.15, 0.2) is 8.32 Å². The van der Waals surface area contributed by atoms with E-state index in [4.69, 9.17) is 15.6 Å². The van der Waals surface area contributed by atoms with Crippen molar-refractivity contribution in [2.75, 3.05) is 0 Å². The molecule has 0 fully saturated rings. The van der Waals surface area contributed by atoms with Gasteiger partial charge in [-0.1, -0.05) is 51.8 Å². The monoisotopic (exact) mass is 364 g/mol. The Bertz CT molecular complexity index is 496. The molecule has 0 spiro atoms. The van der Waals surface area contributed by atoms with Crippen LogP contribution in [0.15, 0.2) is 24.3 Å². The Morgan fingerprint density at radius 1 is 1.28 bits per heavy atom. The number of hydrogen-bond acceptors (Lipinski definition) is 3. The van der Waals surface area contributed by atoms with Gasteiger partial charge in [-0.25, -0.2) is 0 Å². The van der Waals surface area contributed by atoms with Gasteiger partial charge in [-0.3, -0.25) is 0 Å². The predicted molar refractivity (Wildman–Crippen MR) is 108 cm³/mol. The highest BCUT2D eigenvalue weighted by molar-refractivity contribution is 6.74. The molecule has 1 N–H and O–H groups in total. The number of rotatable bonds is 5. The second-order valence-electron chi connectivity index (χ2n) is 8.35. The van der Waals surface area contributed by atoms with Gasteiger partial charge in [0.25, 0.3) is 0 Å². The van der Waals surface area contributed by atoms with Gasteiger partial charge >= 0.3 is 0 Å². The van der Waals surface area contributed by atoms with E-state index in [0.29, 0.717) is 12.8 Å². The minimum absolute atomic E-state index is 0.0288. The summed E-state index contributed by atoms with van der Waals surface area (Å²) in [6.07, 6.45) is 15.3. The van der Waals surface area contributed by atoms with Crippen LogP contribution in [0.2, 0.25) is 18.1 Å². The van der Waals surface area contributed by atoms with E-state index < -0.39 is 14.4 Å². The maximum atomic E-state index is 10.4. The first-order valence-electron chi connectivity index (χ1n) is 9.39. The third-order valence-corrected chi connectivity index (χ3v) is 9.85. The molecule has 0 aromatic carbocycles. The topological polar surface area (TPSA) is 38.7 Å². The van der Waals surface area contributed by atoms with Crippen molar-refractivity contribution >= 4 is 8.32 Å². The molecule has 3 nitrogen and oxygen atoms in total. The van der Waals surface area contributed by atoms with Crippen molar-refractivity contribution in [1.29, 1.82) is 0 Å². The first-order chi connectivity index (χ1) is 11.6. The van der Waals surface area contributed by atoms with Crippen LogP contribution in [0, 0.1) is 12.3 Å². The number of hydrogen-bond donors (Lipinski definition) is 1. The zero-order valence-electron chi connectivity index (χ0n) is 16.8. The highest BCUT2D eigenvalue weighted by atomic mass is 28.4. The van der Waals surface area contributed by atoms with Crippen LogP contribution >= 0.6 is 0 Å². The lowest BCUT2D eigenvalue weighted by molar-refractivity contribution is -0.109. The highest BCUT2D eigenvalue weighted by Gasteiger charge is 2.41. The van der Waals surface area contributed by atoms with E-state index in [9.17, 15) is 5.11 Å². The van der Waals surface area contributed by atoms with Gasteiger partial charge in [-0.2, -0.15) is 0 Å². The summed E-state index contributed by atoms with van der Waals surface area (Å²) in [6.45, 7) is 13.3. The molecule has 0 unspecified atom stereocenters. The van der Waals surface area contributed by atoms with Crippen LogP contribution in [0.1, 0.15) is 53.4 Å². The van der Waals surface area contributed by atoms with Crippen molar-refractivity contribution in [2.45, 2.75) is 95.9 Å². The van der Waals surface area contributed by atoms with Gasteiger partial charge in [0, 0.05) is 0 Å². The second kappa shape index (κ2) is 9.73. The fraction of sp³-hybridized carbons (Fsp3) is 0.714. The molecule has 0 saturated heterocycles. The highest BCUT2D eigenvalue weighted by Crippen LogP contribution is 2.38. The van der Waals surface area contributed by atoms with Crippen molar-refractivity contribution in [2.24, 2.45) is 0 Å². The predicted octanol–water partition coefficient (Wildman–Crippen LogP) is 4.83. The molecule has 4 heteroatoms. The zero-order chi connectivity index (χ0) is 19.1. The molecule has 1 aliphatic rings. The summed E-state index contributed by atoms with van der Waals surface area (Å²) in [7, 11) is -1.93. The Morgan fingerprint density at radius 2 is 1.92 bits per heavy atom. The summed E-state index contributed by atoms with van der Waals surface area (Å²) in [5.74, 6) is 2.54. The molecule has 1 aliphatic heterocycles. The van der Waals surface area contributed by atoms with E-state index in [1.54, 1.807) is 6.08 Å². The van der Waals surface area contributed by atoms with Crippen molar-refractivity contribution in [3.05, 3.63) is 24.3 Å². The molecule has 1 heterocycles. The summed E-state index contributed by atoms with van der Waals surface area (Å²) in [6, 6.07) is 0. The molecule has 0 amide bonds. The summed E-state index contributed by atoms with van der Waals surface area (Å²) in [5, 5.41) is 10.5. The third-order valence-electron chi connectivity index (χ3n) is 5.34. The molecule has 1 rings (SSSR count). The van der Waals surface area contributed by atoms with Gasteiger partial charge in [-0.05, 0) is 49.9 Å². The summed E-state index contributed by atoms with van der Waals surface area (Å²) in [5.41, 5.74) is 0. The molecule has 0 radical (unpaired) electrons. The molecule has 0 saturated carbocycles. The second-order valence-corrected chi connectivity index (χ2v) is 13.1. The fourth-order valence-corrected chi connectivity index (χ4v) is 4.06. The Hall–Kier alpha value is -0.863. The lowest BCUT2D eigenvalue weighted by atomic mass is 10.1. The number of aliphatic hydroxyl groups is 1. The maximum Gasteiger partial charge on any atom is 0.192 e. The zero-order valence-corrected chi connectivity index (χ0v) is 17.8. The maximum absolute atomic E-state index is 10.4. The number of terminal acetylenes is 1. The largest absolute Gasteiger partial charge is 0.411 e. The Balaban J connectivity index is 3.08. The summed E-state index contributed by atoms with van der Waals surface area (Å²) >= 11 is 0. The molecular weight excluding hydrogens is 328 g/mol. The average molecular weight is 365 g/mol. The Morgan fingerprint density at radius 3 is 2.48 bits per heavy atom. The van der Waals surface area contributed by atoms with Gasteiger partial charge in [0.05, 0.1) is 24.4 Å². The van der Waals surface area contributed by atoms with Gasteiger partial charge < -0.3 is 14.3 Å². The van der Waals surface area contributed by atoms with Crippen LogP contribution in [0.5, 0.6) is 0 Å². The van der Waals surface area contributed by atoms with E-state index in [0.717, 1.165) is 12.8 Å². The summed E-state index contributed by atoms with van der Waals surface area (Å²) < 4.78 is 13.0. The first-order valence-corrected chi connectivity index (χ1v) is 12.3. The minimum Gasteiger partial charge on any atom is -0.411 e. The number of ether oxygens (including phenoxy) is 1. The number of allylic oxidation sites excluding steroid dienone is 1. The van der Waals surface area contributed by atoms with E-state index in [-0.39, 0.29) is 23.4 Å². The molecular formula is C21H36O3Si. The van der Waals surface area contributed by atoms with Crippen molar-refractivity contribution in [1.82, 2.24) is 0 Å². The quantitative estimate of drug-likeness (QED) is 0.431. The molecule has 0 bridgehead atoms. The van der Waals surface area contributed by atoms with E-state index in [1.807, 2.05) is 13.0 Å². The summed E-state index contributed by atoms with van der Waals surface area (Å²) in [4.78, 5) is 0. The molecule has 0 aromatic rings. The van der Waals surface area contributed by atoms with Crippen LogP contribution in [-0.2, 0) is 9.16 Å². The normalized spacial score (nSPS) is 30.3. The van der Waals surface area contributed by atoms with E-state index in [2.05, 4.69) is 51.9 Å². The van der Waals surface area contributed by atoms with Crippen LogP contribution in [0.3, 0.4) is 0 Å². The van der Waals surface area contributed by atoms with Crippen LogP contribution in [0.25, 0.3) is 0 Å². The van der Waals surface area contributed by atoms with Gasteiger partial charge in [0.2, 0.25) is 0 Å². The molecule has 0 aromatic heterocycles. The molecule has 4 atom stereocenters. The Labute approximate surface area is 155 Å². The molecule has 25 heavy (non-hydrogen) atoms. The Kier molecular flexibility index (Phi) is 8.63. The average Bonchev–Trinajstić information content (AvgIpc) is 2.58. The lowest BCUT2D eigenvalue weighted by Gasteiger charge is -2.41. The molecule has 142 valence electrons. The van der Waals surface area contributed by atoms with Crippen LogP contribution in [-0.4, -0.2) is 37.8 Å². The number of aliphatic hydroxyl groups excluding tert-OH is 1. The van der Waals surface area contributed by atoms with E-state index in [1.165, 1.54) is 0 Å². The third kappa shape index (κ3) is 6.75. The smallest absolute Gasteiger partial charge is 0.192 e. The fourth-order valence-electron chi connectivity index (χ4n) is 2.70. The standard InChI is InChI=1S/C21H36O3Si/c1-8-10-11-15-19-20(24-25(6,7)21(3,4)5)16-13-12-14-17(22)18(9-2)23-19/h1,10-13,17-20,22H,9,14-16H2,2-7H3/b11-10-,13-12-/t17-,18+,19+,20-/m1/s1.